The summed E-state index contributed by atoms with van der Waals surface area (Å²) in [6.07, 6.45) is 10.1. The van der Waals surface area contributed by atoms with Crippen molar-refractivity contribution in [3.63, 3.8) is 0 Å². The molecule has 5 fully saturated rings. The zero-order valence-corrected chi connectivity index (χ0v) is 17.7. The van der Waals surface area contributed by atoms with Gasteiger partial charge in [0.05, 0.1) is 6.10 Å². The highest BCUT2D eigenvalue weighted by Crippen LogP contribution is 2.71. The van der Waals surface area contributed by atoms with Gasteiger partial charge in [0.2, 0.25) is 5.79 Å². The number of aliphatic hydroxyl groups is 1. The second-order valence-corrected chi connectivity index (χ2v) is 10.5. The summed E-state index contributed by atoms with van der Waals surface area (Å²) in [6, 6.07) is 0. The Labute approximate surface area is 176 Å². The van der Waals surface area contributed by atoms with Crippen LogP contribution in [0.2, 0.25) is 0 Å². The predicted octanol–water partition coefficient (Wildman–Crippen LogP) is 2.97. The fraction of sp³-hybridized carbons (Fsp3) is 0.783. The summed E-state index contributed by atoms with van der Waals surface area (Å²) in [7, 11) is 0. The average molecular weight is 418 g/mol. The van der Waals surface area contributed by atoms with Crippen molar-refractivity contribution in [1.29, 1.82) is 0 Å². The molecule has 8 atom stereocenters. The van der Waals surface area contributed by atoms with Crippen LogP contribution >= 0.6 is 0 Å². The molecule has 3 saturated carbocycles. The number of rotatable bonds is 0. The molecule has 7 heteroatoms. The summed E-state index contributed by atoms with van der Waals surface area (Å²) in [5.41, 5.74) is 0.812. The molecule has 2 N–H and O–H groups in total. The predicted molar refractivity (Wildman–Crippen MR) is 107 cm³/mol. The van der Waals surface area contributed by atoms with E-state index in [2.05, 4.69) is 25.1 Å². The third-order valence-corrected chi connectivity index (χ3v) is 9.62. The molecule has 2 heterocycles. The highest BCUT2D eigenvalue weighted by atomic mass is 16.9. The molecule has 0 aromatic rings. The van der Waals surface area contributed by atoms with Gasteiger partial charge in [-0.2, -0.15) is 0 Å². The molecule has 0 aromatic carbocycles. The molecule has 0 bridgehead atoms. The monoisotopic (exact) mass is 417 g/mol. The molecule has 4 aliphatic carbocycles. The van der Waals surface area contributed by atoms with Crippen molar-refractivity contribution in [1.82, 2.24) is 0 Å². The second kappa shape index (κ2) is 6.17. The minimum Gasteiger partial charge on any atom is -0.410 e. The van der Waals surface area contributed by atoms with Crippen molar-refractivity contribution < 1.29 is 29.3 Å². The lowest BCUT2D eigenvalue weighted by molar-refractivity contribution is -0.256. The molecule has 0 aromatic heterocycles. The van der Waals surface area contributed by atoms with E-state index in [1.165, 1.54) is 5.57 Å². The van der Waals surface area contributed by atoms with Crippen LogP contribution < -0.4 is 0 Å². The van der Waals surface area contributed by atoms with E-state index < -0.39 is 17.5 Å². The Morgan fingerprint density at radius 3 is 2.73 bits per heavy atom. The first-order valence-corrected chi connectivity index (χ1v) is 11.2. The van der Waals surface area contributed by atoms with Gasteiger partial charge in [-0.15, -0.1) is 0 Å². The number of allylic oxidation sites excluding steroid dienone is 4. The van der Waals surface area contributed by atoms with Crippen molar-refractivity contribution >= 4 is 5.71 Å². The highest BCUT2D eigenvalue weighted by Gasteiger charge is 2.76. The molecule has 2 saturated heterocycles. The van der Waals surface area contributed by atoms with Crippen molar-refractivity contribution in [2.75, 3.05) is 20.2 Å². The van der Waals surface area contributed by atoms with E-state index in [0.29, 0.717) is 30.6 Å². The van der Waals surface area contributed by atoms with Gasteiger partial charge in [-0.05, 0) is 56.1 Å². The van der Waals surface area contributed by atoms with Gasteiger partial charge in [-0.1, -0.05) is 30.7 Å². The second-order valence-electron chi connectivity index (χ2n) is 10.5. The molecule has 4 unspecified atom stereocenters. The standard InChI is InChI=1S/C23H31NO6/c1-20-7-5-15(24-26)9-14(20)3-4-16-17-6-8-22(21(17,2)10-18(25)19(16)20)23(30-13-28-22)11-27-12-29-23/h5,7,9,16-19,25-26H,3-4,6,8,10-13H2,1-2H3/t16?,17?,18-,19?,20-,21-,22+,23?/m0/s1. The molecule has 0 amide bonds. The van der Waals surface area contributed by atoms with Crippen LogP contribution in [0.4, 0.5) is 0 Å². The number of ether oxygens (including phenoxy) is 4. The number of oxime groups is 1. The van der Waals surface area contributed by atoms with E-state index in [1.54, 1.807) is 0 Å². The van der Waals surface area contributed by atoms with Gasteiger partial charge in [0.1, 0.15) is 17.9 Å². The average Bonchev–Trinajstić information content (AvgIpc) is 3.42. The lowest BCUT2D eigenvalue weighted by Gasteiger charge is -2.60. The first kappa shape index (κ1) is 19.4. The largest absolute Gasteiger partial charge is 0.410 e. The van der Waals surface area contributed by atoms with Crippen molar-refractivity contribution in [2.24, 2.45) is 33.7 Å². The zero-order valence-electron chi connectivity index (χ0n) is 17.7. The van der Waals surface area contributed by atoms with Crippen LogP contribution in [0.1, 0.15) is 46.0 Å². The maximum atomic E-state index is 11.6. The van der Waals surface area contributed by atoms with E-state index in [1.807, 2.05) is 12.2 Å². The molecule has 30 heavy (non-hydrogen) atoms. The summed E-state index contributed by atoms with van der Waals surface area (Å²) in [5, 5.41) is 24.2. The summed E-state index contributed by atoms with van der Waals surface area (Å²) in [4.78, 5) is 0. The number of aliphatic hydroxyl groups excluding tert-OH is 1. The van der Waals surface area contributed by atoms with Crippen LogP contribution in [0.5, 0.6) is 0 Å². The van der Waals surface area contributed by atoms with Gasteiger partial charge in [-0.25, -0.2) is 0 Å². The van der Waals surface area contributed by atoms with Crippen molar-refractivity contribution in [2.45, 2.75) is 63.4 Å². The molecule has 2 aliphatic heterocycles. The summed E-state index contributed by atoms with van der Waals surface area (Å²) >= 11 is 0. The van der Waals surface area contributed by atoms with Crippen LogP contribution in [0.15, 0.2) is 29.0 Å². The van der Waals surface area contributed by atoms with Gasteiger partial charge >= 0.3 is 0 Å². The van der Waals surface area contributed by atoms with Gasteiger partial charge in [0, 0.05) is 16.7 Å². The molecule has 164 valence electrons. The smallest absolute Gasteiger partial charge is 0.226 e. The van der Waals surface area contributed by atoms with Gasteiger partial charge in [0.15, 0.2) is 13.6 Å². The minimum atomic E-state index is -0.857. The lowest BCUT2D eigenvalue weighted by Crippen LogP contribution is -2.66. The maximum Gasteiger partial charge on any atom is 0.226 e. The van der Waals surface area contributed by atoms with Gasteiger partial charge < -0.3 is 29.3 Å². The van der Waals surface area contributed by atoms with Crippen LogP contribution in [0.25, 0.3) is 0 Å². The Morgan fingerprint density at radius 1 is 1.13 bits per heavy atom. The Kier molecular flexibility index (Phi) is 3.99. The van der Waals surface area contributed by atoms with E-state index in [4.69, 9.17) is 18.9 Å². The van der Waals surface area contributed by atoms with Crippen LogP contribution in [-0.4, -0.2) is 53.7 Å². The summed E-state index contributed by atoms with van der Waals surface area (Å²) in [6.45, 7) is 5.35. The quantitative estimate of drug-likeness (QED) is 0.465. The Hall–Kier alpha value is -1.25. The Bertz CT molecular complexity index is 841. The highest BCUT2D eigenvalue weighted by molar-refractivity contribution is 6.05. The minimum absolute atomic E-state index is 0.140. The molecule has 6 rings (SSSR count). The Balaban J connectivity index is 1.40. The SMILES string of the molecule is C[C@]12C=CC(=NO)C=C1CCC1C2[C@@H](O)C[C@@]2(C)C1CC[C@@]21OCOC12COCO2. The van der Waals surface area contributed by atoms with E-state index in [9.17, 15) is 10.3 Å². The molecule has 0 radical (unpaired) electrons. The topological polar surface area (TPSA) is 89.7 Å². The summed E-state index contributed by atoms with van der Waals surface area (Å²) in [5.74, 6) is 0.0971. The van der Waals surface area contributed by atoms with Crippen molar-refractivity contribution in [3.8, 4) is 0 Å². The van der Waals surface area contributed by atoms with Crippen LogP contribution in [0.3, 0.4) is 0 Å². The fourth-order valence-corrected chi connectivity index (χ4v) is 8.37. The van der Waals surface area contributed by atoms with Crippen LogP contribution in [-0.2, 0) is 18.9 Å². The number of hydrogen-bond acceptors (Lipinski definition) is 7. The molecule has 7 nitrogen and oxygen atoms in total. The lowest BCUT2D eigenvalue weighted by atomic mass is 9.46. The van der Waals surface area contributed by atoms with Gasteiger partial charge in [0.25, 0.3) is 0 Å². The molecule has 2 spiro atoms. The summed E-state index contributed by atoms with van der Waals surface area (Å²) < 4.78 is 24.1. The van der Waals surface area contributed by atoms with Crippen LogP contribution in [0, 0.1) is 28.6 Å². The Morgan fingerprint density at radius 2 is 1.97 bits per heavy atom. The van der Waals surface area contributed by atoms with Gasteiger partial charge in [-0.3, -0.25) is 0 Å². The first-order valence-electron chi connectivity index (χ1n) is 11.2. The van der Waals surface area contributed by atoms with Crippen molar-refractivity contribution in [3.05, 3.63) is 23.8 Å². The zero-order chi connectivity index (χ0) is 20.8. The number of hydrogen-bond donors (Lipinski definition) is 2. The number of fused-ring (bicyclic) bond motifs is 7. The van der Waals surface area contributed by atoms with E-state index in [-0.39, 0.29) is 30.3 Å². The maximum absolute atomic E-state index is 11.6. The third-order valence-electron chi connectivity index (χ3n) is 9.62. The number of nitrogens with zero attached hydrogens (tertiary/aromatic N) is 1. The normalized spacial score (nSPS) is 55.7. The van der Waals surface area contributed by atoms with E-state index in [0.717, 1.165) is 25.7 Å². The third kappa shape index (κ3) is 2.11. The molecule has 6 aliphatic rings. The molecular weight excluding hydrogens is 386 g/mol. The first-order chi connectivity index (χ1) is 14.4. The molecular formula is C23H31NO6. The van der Waals surface area contributed by atoms with E-state index >= 15 is 0 Å². The fourth-order valence-electron chi connectivity index (χ4n) is 8.37.